The number of sulfonamides is 1. The summed E-state index contributed by atoms with van der Waals surface area (Å²) in [5.74, 6) is 0. The molecule has 0 saturated carbocycles. The summed E-state index contributed by atoms with van der Waals surface area (Å²) >= 11 is 5.94. The van der Waals surface area contributed by atoms with Gasteiger partial charge in [-0.05, 0) is 31.5 Å². The molecule has 0 aliphatic rings. The molecule has 1 aromatic heterocycles. The summed E-state index contributed by atoms with van der Waals surface area (Å²) in [6.07, 6.45) is 2.69. The second kappa shape index (κ2) is 6.28. The number of nitrogens with zero attached hydrogens (tertiary/aromatic N) is 2. The minimum absolute atomic E-state index is 0.115. The molecule has 0 radical (unpaired) electrons. The Bertz CT molecular complexity index is 733. The van der Waals surface area contributed by atoms with Crippen molar-refractivity contribution < 1.29 is 13.2 Å². The lowest BCUT2D eigenvalue weighted by atomic mass is 10.2. The fourth-order valence-electron chi connectivity index (χ4n) is 1.66. The molecule has 0 bridgehead atoms. The van der Waals surface area contributed by atoms with Crippen LogP contribution in [0.25, 0.3) is 0 Å². The minimum Gasteiger partial charge on any atom is -0.464 e. The van der Waals surface area contributed by atoms with Gasteiger partial charge in [0, 0.05) is 5.02 Å². The van der Waals surface area contributed by atoms with E-state index in [-0.39, 0.29) is 16.6 Å². The highest BCUT2D eigenvalue weighted by Gasteiger charge is 2.18. The molecule has 2 aromatic rings. The molecular formula is C13H14ClN3O3S. The summed E-state index contributed by atoms with van der Waals surface area (Å²) in [5, 5.41) is 0.390. The Morgan fingerprint density at radius 1 is 1.29 bits per heavy atom. The van der Waals surface area contributed by atoms with Crippen molar-refractivity contribution in [1.29, 1.82) is 0 Å². The van der Waals surface area contributed by atoms with Gasteiger partial charge in [-0.2, -0.15) is 0 Å². The van der Waals surface area contributed by atoms with Crippen LogP contribution >= 0.6 is 11.6 Å². The highest BCUT2D eigenvalue weighted by molar-refractivity contribution is 7.92. The van der Waals surface area contributed by atoms with Crippen LogP contribution in [0.3, 0.4) is 0 Å². The van der Waals surface area contributed by atoms with Gasteiger partial charge in [-0.25, -0.2) is 18.4 Å². The highest BCUT2D eigenvalue weighted by atomic mass is 35.5. The molecule has 1 N–H and O–H groups in total. The van der Waals surface area contributed by atoms with Crippen LogP contribution in [0.2, 0.25) is 5.02 Å². The van der Waals surface area contributed by atoms with Crippen LogP contribution in [-0.2, 0) is 10.0 Å². The molecule has 112 valence electrons. The van der Waals surface area contributed by atoms with Crippen molar-refractivity contribution in [1.82, 2.24) is 9.97 Å². The summed E-state index contributed by atoms with van der Waals surface area (Å²) in [7, 11) is -3.75. The van der Waals surface area contributed by atoms with Gasteiger partial charge in [0.2, 0.25) is 0 Å². The Labute approximate surface area is 128 Å². The quantitative estimate of drug-likeness (QED) is 0.913. The van der Waals surface area contributed by atoms with E-state index in [1.807, 2.05) is 6.92 Å². The van der Waals surface area contributed by atoms with E-state index in [2.05, 4.69) is 14.7 Å². The summed E-state index contributed by atoms with van der Waals surface area (Å²) in [6.45, 7) is 3.89. The highest BCUT2D eigenvalue weighted by Crippen LogP contribution is 2.24. The Kier molecular flexibility index (Phi) is 4.64. The number of benzene rings is 1. The lowest BCUT2D eigenvalue weighted by Crippen LogP contribution is -2.15. The van der Waals surface area contributed by atoms with Crippen LogP contribution in [0.4, 0.5) is 5.69 Å². The maximum absolute atomic E-state index is 12.3. The first-order valence-corrected chi connectivity index (χ1v) is 8.03. The zero-order valence-electron chi connectivity index (χ0n) is 11.5. The summed E-state index contributed by atoms with van der Waals surface area (Å²) in [6, 6.07) is 4.90. The Morgan fingerprint density at radius 3 is 2.57 bits per heavy atom. The number of nitrogens with one attached hydrogen (secondary N) is 1. The van der Waals surface area contributed by atoms with Crippen LogP contribution in [-0.4, -0.2) is 25.0 Å². The van der Waals surface area contributed by atoms with Crippen LogP contribution in [0.1, 0.15) is 12.5 Å². The van der Waals surface area contributed by atoms with Gasteiger partial charge in [0.1, 0.15) is 0 Å². The molecule has 0 unspecified atom stereocenters. The van der Waals surface area contributed by atoms with Gasteiger partial charge in [0.25, 0.3) is 10.0 Å². The largest absolute Gasteiger partial charge is 0.464 e. The Hall–Kier alpha value is -1.86. The van der Waals surface area contributed by atoms with Gasteiger partial charge < -0.3 is 4.74 Å². The summed E-state index contributed by atoms with van der Waals surface area (Å²) in [4.78, 5) is 7.91. The number of halogens is 1. The molecule has 0 spiro atoms. The molecule has 8 heteroatoms. The molecule has 0 fully saturated rings. The maximum atomic E-state index is 12.3. The van der Waals surface area contributed by atoms with E-state index in [0.717, 1.165) is 0 Å². The minimum atomic E-state index is -3.75. The van der Waals surface area contributed by atoms with Gasteiger partial charge in [-0.3, -0.25) is 4.72 Å². The van der Waals surface area contributed by atoms with Crippen molar-refractivity contribution in [2.24, 2.45) is 0 Å². The number of hydrogen-bond donors (Lipinski definition) is 1. The van der Waals surface area contributed by atoms with E-state index < -0.39 is 10.0 Å². The lowest BCUT2D eigenvalue weighted by Gasteiger charge is -2.11. The molecule has 21 heavy (non-hydrogen) atoms. The number of aromatic nitrogens is 2. The number of ether oxygens (including phenoxy) is 1. The maximum Gasteiger partial charge on any atom is 0.316 e. The van der Waals surface area contributed by atoms with Gasteiger partial charge in [0.15, 0.2) is 0 Å². The first kappa shape index (κ1) is 15.5. The molecule has 0 amide bonds. The SMILES string of the molecule is CCOc1ncc(NS(=O)(=O)c2cccc(Cl)c2C)cn1. The smallest absolute Gasteiger partial charge is 0.316 e. The zero-order valence-corrected chi connectivity index (χ0v) is 13.1. The molecule has 1 heterocycles. The predicted octanol–water partition coefficient (Wildman–Crippen LogP) is 2.64. The van der Waals surface area contributed by atoms with E-state index >= 15 is 0 Å². The third-order valence-corrected chi connectivity index (χ3v) is 4.60. The van der Waals surface area contributed by atoms with Crippen molar-refractivity contribution in [2.75, 3.05) is 11.3 Å². The molecular weight excluding hydrogens is 314 g/mol. The average molecular weight is 328 g/mol. The van der Waals surface area contributed by atoms with E-state index in [1.54, 1.807) is 19.1 Å². The van der Waals surface area contributed by atoms with E-state index in [1.165, 1.54) is 18.5 Å². The molecule has 6 nitrogen and oxygen atoms in total. The number of rotatable bonds is 5. The number of hydrogen-bond acceptors (Lipinski definition) is 5. The number of anilines is 1. The summed E-state index contributed by atoms with van der Waals surface area (Å²) < 4.78 is 32.2. The monoisotopic (exact) mass is 327 g/mol. The molecule has 0 aliphatic carbocycles. The van der Waals surface area contributed by atoms with E-state index in [9.17, 15) is 8.42 Å². The van der Waals surface area contributed by atoms with Crippen LogP contribution in [0.5, 0.6) is 6.01 Å². The second-order valence-corrected chi connectivity index (χ2v) is 6.21. The normalized spacial score (nSPS) is 11.2. The van der Waals surface area contributed by atoms with Crippen molar-refractivity contribution >= 4 is 27.3 Å². The van der Waals surface area contributed by atoms with Gasteiger partial charge in [-0.1, -0.05) is 17.7 Å². The third kappa shape index (κ3) is 3.62. The summed E-state index contributed by atoms with van der Waals surface area (Å²) in [5.41, 5.74) is 0.733. The van der Waals surface area contributed by atoms with Gasteiger partial charge >= 0.3 is 6.01 Å². The van der Waals surface area contributed by atoms with E-state index in [0.29, 0.717) is 17.2 Å². The molecule has 0 atom stereocenters. The Morgan fingerprint density at radius 2 is 1.95 bits per heavy atom. The van der Waals surface area contributed by atoms with Crippen molar-refractivity contribution in [3.63, 3.8) is 0 Å². The molecule has 2 rings (SSSR count). The predicted molar refractivity (Wildman–Crippen MR) is 80.2 cm³/mol. The van der Waals surface area contributed by atoms with Crippen LogP contribution in [0, 0.1) is 6.92 Å². The lowest BCUT2D eigenvalue weighted by molar-refractivity contribution is 0.312. The van der Waals surface area contributed by atoms with Crippen LogP contribution in [0.15, 0.2) is 35.5 Å². The zero-order chi connectivity index (χ0) is 15.5. The van der Waals surface area contributed by atoms with Crippen molar-refractivity contribution in [3.05, 3.63) is 41.2 Å². The fraction of sp³-hybridized carbons (Fsp3) is 0.231. The van der Waals surface area contributed by atoms with Gasteiger partial charge in [0.05, 0.1) is 29.6 Å². The van der Waals surface area contributed by atoms with E-state index in [4.69, 9.17) is 16.3 Å². The Balaban J connectivity index is 2.27. The second-order valence-electron chi connectivity index (χ2n) is 4.16. The topological polar surface area (TPSA) is 81.2 Å². The molecule has 0 saturated heterocycles. The van der Waals surface area contributed by atoms with Crippen molar-refractivity contribution in [3.8, 4) is 6.01 Å². The van der Waals surface area contributed by atoms with Crippen LogP contribution < -0.4 is 9.46 Å². The van der Waals surface area contributed by atoms with Crippen molar-refractivity contribution in [2.45, 2.75) is 18.7 Å². The fourth-order valence-corrected chi connectivity index (χ4v) is 3.19. The standard InChI is InChI=1S/C13H14ClN3O3S/c1-3-20-13-15-7-10(8-16-13)17-21(18,19)12-6-4-5-11(14)9(12)2/h4-8,17H,3H2,1-2H3. The first-order chi connectivity index (χ1) is 9.94. The first-order valence-electron chi connectivity index (χ1n) is 6.17. The third-order valence-electron chi connectivity index (χ3n) is 2.66. The van der Waals surface area contributed by atoms with Gasteiger partial charge in [-0.15, -0.1) is 0 Å². The molecule has 1 aromatic carbocycles. The molecule has 0 aliphatic heterocycles. The average Bonchev–Trinajstić information content (AvgIpc) is 2.44.